The lowest BCUT2D eigenvalue weighted by atomic mass is 10.2. The normalized spacial score (nSPS) is 16.4. The van der Waals surface area contributed by atoms with Crippen LogP contribution in [0.25, 0.3) is 0 Å². The van der Waals surface area contributed by atoms with Crippen molar-refractivity contribution in [2.24, 2.45) is 0 Å². The maximum absolute atomic E-state index is 12.5. The third-order valence-corrected chi connectivity index (χ3v) is 5.52. The van der Waals surface area contributed by atoms with Crippen molar-refractivity contribution in [3.63, 3.8) is 0 Å². The molecule has 1 heterocycles. The van der Waals surface area contributed by atoms with Crippen molar-refractivity contribution in [3.8, 4) is 0 Å². The van der Waals surface area contributed by atoms with Crippen LogP contribution in [0.4, 0.5) is 11.4 Å². The average Bonchev–Trinajstić information content (AvgIpc) is 2.49. The van der Waals surface area contributed by atoms with Crippen molar-refractivity contribution in [2.75, 3.05) is 30.7 Å². The van der Waals surface area contributed by atoms with Crippen LogP contribution in [0.3, 0.4) is 0 Å². The Morgan fingerprint density at radius 2 is 1.95 bits per heavy atom. The highest BCUT2D eigenvalue weighted by molar-refractivity contribution is 7.89. The molecular formula is C14H21N3O4S. The molecule has 122 valence electrons. The van der Waals surface area contributed by atoms with Crippen LogP contribution in [0.1, 0.15) is 25.7 Å². The smallest absolute Gasteiger partial charge is 0.305 e. The molecule has 0 aromatic heterocycles. The standard InChI is InChI=1S/C14H21N3O4S/c15-12-10-11(4-5-13(12)16-7-6-14(18)19)22(20,21)17-8-2-1-3-9-17/h4-5,10,16H,1-3,6-9,15H2,(H,18,19). The molecule has 0 atom stereocenters. The molecule has 7 nitrogen and oxygen atoms in total. The maximum atomic E-state index is 12.5. The summed E-state index contributed by atoms with van der Waals surface area (Å²) in [6, 6.07) is 4.50. The quantitative estimate of drug-likeness (QED) is 0.679. The number of aliphatic carboxylic acids is 1. The van der Waals surface area contributed by atoms with Gasteiger partial charge < -0.3 is 16.2 Å². The Morgan fingerprint density at radius 3 is 2.55 bits per heavy atom. The van der Waals surface area contributed by atoms with Gasteiger partial charge in [0.15, 0.2) is 0 Å². The summed E-state index contributed by atoms with van der Waals surface area (Å²) in [5.74, 6) is -0.907. The topological polar surface area (TPSA) is 113 Å². The molecule has 0 aliphatic carbocycles. The van der Waals surface area contributed by atoms with E-state index in [1.54, 1.807) is 6.07 Å². The molecule has 0 unspecified atom stereocenters. The molecule has 4 N–H and O–H groups in total. The molecule has 0 amide bonds. The largest absolute Gasteiger partial charge is 0.481 e. The van der Waals surface area contributed by atoms with Crippen LogP contribution in [-0.2, 0) is 14.8 Å². The van der Waals surface area contributed by atoms with Gasteiger partial charge in [-0.25, -0.2) is 8.42 Å². The number of carboxylic acids is 1. The van der Waals surface area contributed by atoms with Gasteiger partial charge in [0.1, 0.15) is 0 Å². The first-order valence-electron chi connectivity index (χ1n) is 7.26. The first-order chi connectivity index (χ1) is 10.4. The van der Waals surface area contributed by atoms with Crippen LogP contribution in [0, 0.1) is 0 Å². The van der Waals surface area contributed by atoms with Crippen molar-refractivity contribution in [2.45, 2.75) is 30.6 Å². The van der Waals surface area contributed by atoms with Crippen molar-refractivity contribution >= 4 is 27.4 Å². The predicted octanol–water partition coefficient (Wildman–Crippen LogP) is 1.33. The van der Waals surface area contributed by atoms with Gasteiger partial charge in [-0.05, 0) is 31.0 Å². The molecule has 0 spiro atoms. The van der Waals surface area contributed by atoms with E-state index >= 15 is 0 Å². The van der Waals surface area contributed by atoms with Gasteiger partial charge in [-0.2, -0.15) is 4.31 Å². The number of nitrogens with zero attached hydrogens (tertiary/aromatic N) is 1. The predicted molar refractivity (Wildman–Crippen MR) is 84.2 cm³/mol. The van der Waals surface area contributed by atoms with E-state index in [1.807, 2.05) is 0 Å². The molecule has 1 aromatic rings. The van der Waals surface area contributed by atoms with Crippen LogP contribution in [0.2, 0.25) is 0 Å². The fourth-order valence-electron chi connectivity index (χ4n) is 2.42. The fourth-order valence-corrected chi connectivity index (χ4v) is 3.97. The van der Waals surface area contributed by atoms with Gasteiger partial charge in [-0.3, -0.25) is 4.79 Å². The summed E-state index contributed by atoms with van der Waals surface area (Å²) >= 11 is 0. The number of nitrogens with two attached hydrogens (primary N) is 1. The molecule has 22 heavy (non-hydrogen) atoms. The number of benzene rings is 1. The minimum absolute atomic E-state index is 0.0345. The summed E-state index contributed by atoms with van der Waals surface area (Å²) in [4.78, 5) is 10.7. The molecule has 1 fully saturated rings. The van der Waals surface area contributed by atoms with Gasteiger partial charge in [-0.15, -0.1) is 0 Å². The number of rotatable bonds is 6. The van der Waals surface area contributed by atoms with Crippen molar-refractivity contribution in [1.82, 2.24) is 4.31 Å². The van der Waals surface area contributed by atoms with Gasteiger partial charge in [0.05, 0.1) is 22.7 Å². The van der Waals surface area contributed by atoms with E-state index in [0.717, 1.165) is 19.3 Å². The minimum Gasteiger partial charge on any atom is -0.481 e. The second kappa shape index (κ2) is 6.97. The minimum atomic E-state index is -3.50. The Balaban J connectivity index is 2.12. The van der Waals surface area contributed by atoms with Crippen molar-refractivity contribution in [3.05, 3.63) is 18.2 Å². The van der Waals surface area contributed by atoms with Gasteiger partial charge in [0.25, 0.3) is 0 Å². The molecule has 1 aliphatic heterocycles. The molecule has 1 aromatic carbocycles. The van der Waals surface area contributed by atoms with Gasteiger partial charge >= 0.3 is 5.97 Å². The van der Waals surface area contributed by atoms with Crippen LogP contribution in [0.15, 0.2) is 23.1 Å². The number of sulfonamides is 1. The average molecular weight is 327 g/mol. The molecular weight excluding hydrogens is 306 g/mol. The molecule has 0 saturated carbocycles. The lowest BCUT2D eigenvalue weighted by molar-refractivity contribution is -0.136. The van der Waals surface area contributed by atoms with E-state index < -0.39 is 16.0 Å². The molecule has 1 aliphatic rings. The third kappa shape index (κ3) is 3.89. The Kier molecular flexibility index (Phi) is 5.25. The van der Waals surface area contributed by atoms with Crippen LogP contribution in [0.5, 0.6) is 0 Å². The lowest BCUT2D eigenvalue weighted by Gasteiger charge is -2.26. The van der Waals surface area contributed by atoms with E-state index in [4.69, 9.17) is 10.8 Å². The zero-order valence-corrected chi connectivity index (χ0v) is 13.1. The van der Waals surface area contributed by atoms with E-state index in [0.29, 0.717) is 24.5 Å². The summed E-state index contributed by atoms with van der Waals surface area (Å²) in [6.45, 7) is 1.32. The SMILES string of the molecule is Nc1cc(S(=O)(=O)N2CCCCC2)ccc1NCCC(=O)O. The van der Waals surface area contributed by atoms with E-state index in [1.165, 1.54) is 16.4 Å². The summed E-state index contributed by atoms with van der Waals surface area (Å²) in [5, 5.41) is 11.5. The van der Waals surface area contributed by atoms with E-state index in [2.05, 4.69) is 5.32 Å². The highest BCUT2D eigenvalue weighted by atomic mass is 32.2. The summed E-state index contributed by atoms with van der Waals surface area (Å²) in [7, 11) is -3.50. The zero-order valence-electron chi connectivity index (χ0n) is 12.3. The zero-order chi connectivity index (χ0) is 16.2. The number of carboxylic acid groups (broad SMARTS) is 1. The molecule has 8 heteroatoms. The summed E-state index contributed by atoms with van der Waals surface area (Å²) in [6.07, 6.45) is 2.78. The molecule has 1 saturated heterocycles. The second-order valence-corrected chi connectivity index (χ2v) is 7.22. The number of nitrogen functional groups attached to an aromatic ring is 1. The number of hydrogen-bond acceptors (Lipinski definition) is 5. The Labute approximate surface area is 130 Å². The number of carbonyl (C=O) groups is 1. The summed E-state index contributed by atoms with van der Waals surface area (Å²) < 4.78 is 26.5. The van der Waals surface area contributed by atoms with Crippen molar-refractivity contribution < 1.29 is 18.3 Å². The van der Waals surface area contributed by atoms with Crippen LogP contribution < -0.4 is 11.1 Å². The van der Waals surface area contributed by atoms with Crippen molar-refractivity contribution in [1.29, 1.82) is 0 Å². The first-order valence-corrected chi connectivity index (χ1v) is 8.70. The highest BCUT2D eigenvalue weighted by Crippen LogP contribution is 2.26. The number of anilines is 2. The van der Waals surface area contributed by atoms with E-state index in [9.17, 15) is 13.2 Å². The van der Waals surface area contributed by atoms with Crippen LogP contribution >= 0.6 is 0 Å². The Hall–Kier alpha value is -1.80. The van der Waals surface area contributed by atoms with Gasteiger partial charge in [0, 0.05) is 19.6 Å². The van der Waals surface area contributed by atoms with Gasteiger partial charge in [0.2, 0.25) is 10.0 Å². The fraction of sp³-hybridized carbons (Fsp3) is 0.500. The number of hydrogen-bond donors (Lipinski definition) is 3. The van der Waals surface area contributed by atoms with Crippen LogP contribution in [-0.4, -0.2) is 43.4 Å². The third-order valence-electron chi connectivity index (χ3n) is 3.63. The second-order valence-electron chi connectivity index (χ2n) is 5.28. The number of piperidine rings is 1. The lowest BCUT2D eigenvalue weighted by Crippen LogP contribution is -2.35. The Bertz CT molecular complexity index is 639. The van der Waals surface area contributed by atoms with Gasteiger partial charge in [-0.1, -0.05) is 6.42 Å². The summed E-state index contributed by atoms with van der Waals surface area (Å²) in [5.41, 5.74) is 6.71. The molecule has 0 bridgehead atoms. The van der Waals surface area contributed by atoms with E-state index in [-0.39, 0.29) is 17.9 Å². The molecule has 0 radical (unpaired) electrons. The number of nitrogens with one attached hydrogen (secondary N) is 1. The maximum Gasteiger partial charge on any atom is 0.305 e. The first kappa shape index (κ1) is 16.6. The monoisotopic (exact) mass is 327 g/mol. The molecule has 2 rings (SSSR count). The highest BCUT2D eigenvalue weighted by Gasteiger charge is 2.26. The Morgan fingerprint density at radius 1 is 1.27 bits per heavy atom.